The monoisotopic (exact) mass is 335 g/mol. The van der Waals surface area contributed by atoms with Crippen LogP contribution < -0.4 is 0 Å². The molecule has 0 saturated carbocycles. The number of carboxylic acids is 1. The molecule has 1 saturated heterocycles. The first-order chi connectivity index (χ1) is 10.8. The van der Waals surface area contributed by atoms with Crippen LogP contribution in [-0.4, -0.2) is 35.6 Å². The van der Waals surface area contributed by atoms with E-state index in [1.165, 1.54) is 0 Å². The number of aromatic carboxylic acids is 1. The number of benzene rings is 1. The number of para-hydroxylation sites is 1. The van der Waals surface area contributed by atoms with Gasteiger partial charge in [-0.25, -0.2) is 13.2 Å². The molecule has 5 nitrogen and oxygen atoms in total. The first kappa shape index (κ1) is 16.1. The second-order valence-corrected chi connectivity index (χ2v) is 8.69. The molecular weight excluding hydrogens is 314 g/mol. The van der Waals surface area contributed by atoms with E-state index in [2.05, 4.69) is 11.5 Å². The van der Waals surface area contributed by atoms with Crippen molar-refractivity contribution in [3.63, 3.8) is 0 Å². The average Bonchev–Trinajstić information content (AvgIpc) is 2.78. The molecule has 0 bridgehead atoms. The number of nitrogens with zero attached hydrogens (tertiary/aromatic N) is 1. The first-order valence-corrected chi connectivity index (χ1v) is 9.67. The summed E-state index contributed by atoms with van der Waals surface area (Å²) in [5.74, 6) is -0.219. The Kier molecular flexibility index (Phi) is 3.96. The lowest BCUT2D eigenvalue weighted by Crippen LogP contribution is -2.28. The van der Waals surface area contributed by atoms with Gasteiger partial charge < -0.3 is 9.67 Å². The van der Waals surface area contributed by atoms with Gasteiger partial charge in [-0.2, -0.15) is 0 Å². The van der Waals surface area contributed by atoms with E-state index < -0.39 is 15.8 Å². The Morgan fingerprint density at radius 3 is 2.48 bits per heavy atom. The number of sulfone groups is 1. The highest BCUT2D eigenvalue weighted by atomic mass is 32.2. The van der Waals surface area contributed by atoms with Gasteiger partial charge in [0, 0.05) is 22.6 Å². The number of hydrogen-bond acceptors (Lipinski definition) is 3. The molecule has 2 heterocycles. The Labute approximate surface area is 135 Å². The van der Waals surface area contributed by atoms with E-state index in [0.717, 1.165) is 16.6 Å². The van der Waals surface area contributed by atoms with E-state index in [9.17, 15) is 18.3 Å². The van der Waals surface area contributed by atoms with Gasteiger partial charge in [-0.1, -0.05) is 18.2 Å². The van der Waals surface area contributed by atoms with Crippen molar-refractivity contribution in [1.82, 2.24) is 4.57 Å². The molecule has 1 fully saturated rings. The summed E-state index contributed by atoms with van der Waals surface area (Å²) >= 11 is 0. The van der Waals surface area contributed by atoms with Crippen molar-refractivity contribution < 1.29 is 18.3 Å². The number of fused-ring (bicyclic) bond motifs is 1. The zero-order valence-corrected chi connectivity index (χ0v) is 14.1. The number of rotatable bonds is 3. The lowest BCUT2D eigenvalue weighted by molar-refractivity contribution is 0.0697. The van der Waals surface area contributed by atoms with Crippen LogP contribution in [0.15, 0.2) is 24.3 Å². The molecule has 1 aliphatic heterocycles. The van der Waals surface area contributed by atoms with E-state index in [0.29, 0.717) is 18.4 Å². The largest absolute Gasteiger partial charge is 0.478 e. The highest BCUT2D eigenvalue weighted by molar-refractivity contribution is 7.91. The molecule has 1 aliphatic rings. The number of carboxylic acid groups (broad SMARTS) is 1. The lowest BCUT2D eigenvalue weighted by atomic mass is 9.94. The van der Waals surface area contributed by atoms with Crippen LogP contribution in [0.25, 0.3) is 10.9 Å². The summed E-state index contributed by atoms with van der Waals surface area (Å²) in [7, 11) is -2.90. The van der Waals surface area contributed by atoms with E-state index in [4.69, 9.17) is 0 Å². The zero-order valence-electron chi connectivity index (χ0n) is 13.3. The first-order valence-electron chi connectivity index (χ1n) is 7.85. The second kappa shape index (κ2) is 5.67. The summed E-state index contributed by atoms with van der Waals surface area (Å²) in [6.45, 7) is 3.90. The number of hydrogen-bond donors (Lipinski definition) is 1. The van der Waals surface area contributed by atoms with Crippen LogP contribution in [0, 0.1) is 12.8 Å². The molecule has 0 radical (unpaired) electrons. The number of carbonyl (C=O) groups is 1. The molecule has 1 N–H and O–H groups in total. The molecule has 23 heavy (non-hydrogen) atoms. The molecule has 0 spiro atoms. The van der Waals surface area contributed by atoms with Crippen LogP contribution in [0.5, 0.6) is 0 Å². The van der Waals surface area contributed by atoms with Crippen LogP contribution in [0.4, 0.5) is 0 Å². The summed E-state index contributed by atoms with van der Waals surface area (Å²) < 4.78 is 25.4. The molecule has 2 aromatic rings. The van der Waals surface area contributed by atoms with Crippen molar-refractivity contribution in [1.29, 1.82) is 0 Å². The Balaban J connectivity index is 2.06. The summed E-state index contributed by atoms with van der Waals surface area (Å²) in [5, 5.41) is 10.3. The van der Waals surface area contributed by atoms with Gasteiger partial charge >= 0.3 is 5.97 Å². The normalized spacial score (nSPS) is 19.7. The highest BCUT2D eigenvalue weighted by Crippen LogP contribution is 2.35. The van der Waals surface area contributed by atoms with Crippen LogP contribution in [0.2, 0.25) is 0 Å². The quantitative estimate of drug-likeness (QED) is 0.935. The molecule has 1 unspecified atom stereocenters. The van der Waals surface area contributed by atoms with Crippen molar-refractivity contribution in [2.24, 2.45) is 5.92 Å². The van der Waals surface area contributed by atoms with Gasteiger partial charge in [0.15, 0.2) is 0 Å². The summed E-state index contributed by atoms with van der Waals surface area (Å²) in [4.78, 5) is 11.6. The van der Waals surface area contributed by atoms with E-state index in [1.807, 2.05) is 31.2 Å². The maximum Gasteiger partial charge on any atom is 0.338 e. The fraction of sp³-hybridized carbons (Fsp3) is 0.471. The summed E-state index contributed by atoms with van der Waals surface area (Å²) in [6.07, 6.45) is 1.27. The molecular formula is C17H21NO4S. The fourth-order valence-electron chi connectivity index (χ4n) is 3.79. The van der Waals surface area contributed by atoms with Gasteiger partial charge in [0.2, 0.25) is 0 Å². The fourth-order valence-corrected chi connectivity index (χ4v) is 5.32. The molecule has 1 atom stereocenters. The topological polar surface area (TPSA) is 76.4 Å². The van der Waals surface area contributed by atoms with Crippen LogP contribution in [0.1, 0.15) is 41.9 Å². The van der Waals surface area contributed by atoms with Crippen molar-refractivity contribution in [3.05, 3.63) is 35.5 Å². The van der Waals surface area contributed by atoms with Gasteiger partial charge in [-0.3, -0.25) is 0 Å². The second-order valence-electron chi connectivity index (χ2n) is 6.38. The summed E-state index contributed by atoms with van der Waals surface area (Å²) in [6, 6.07) is 7.59. The van der Waals surface area contributed by atoms with E-state index in [1.54, 1.807) is 0 Å². The lowest BCUT2D eigenvalue weighted by Gasteiger charge is -2.30. The molecule has 0 aliphatic carbocycles. The van der Waals surface area contributed by atoms with Gasteiger partial charge in [-0.05, 0) is 38.7 Å². The minimum absolute atomic E-state index is 0.0727. The third-order valence-electron chi connectivity index (χ3n) is 5.06. The van der Waals surface area contributed by atoms with Crippen LogP contribution >= 0.6 is 0 Å². The SMILES string of the molecule is Cc1c(C(=O)O)c2ccccc2n1C(C)C1CCS(=O)(=O)CC1. The third-order valence-corrected chi connectivity index (χ3v) is 6.77. The van der Waals surface area contributed by atoms with Crippen molar-refractivity contribution in [2.45, 2.75) is 32.7 Å². The van der Waals surface area contributed by atoms with Crippen LogP contribution in [0.3, 0.4) is 0 Å². The number of aromatic nitrogens is 1. The van der Waals surface area contributed by atoms with Crippen molar-refractivity contribution in [3.8, 4) is 0 Å². The molecule has 1 aromatic heterocycles. The predicted molar refractivity (Wildman–Crippen MR) is 89.7 cm³/mol. The van der Waals surface area contributed by atoms with Crippen molar-refractivity contribution >= 4 is 26.7 Å². The molecule has 124 valence electrons. The molecule has 1 aromatic carbocycles. The molecule has 3 rings (SSSR count). The molecule has 6 heteroatoms. The Bertz CT molecular complexity index is 852. The molecule has 0 amide bonds. The van der Waals surface area contributed by atoms with Gasteiger partial charge in [0.1, 0.15) is 9.84 Å². The van der Waals surface area contributed by atoms with E-state index in [-0.39, 0.29) is 23.5 Å². The third kappa shape index (κ3) is 2.76. The maximum atomic E-state index is 11.6. The minimum atomic E-state index is -2.90. The smallest absolute Gasteiger partial charge is 0.338 e. The standard InChI is InChI=1S/C17H21NO4S/c1-11(13-7-9-23(21,22)10-8-13)18-12(2)16(17(19)20)14-5-3-4-6-15(14)18/h3-6,11,13H,7-10H2,1-2H3,(H,19,20). The zero-order chi connectivity index (χ0) is 16.8. The Morgan fingerprint density at radius 2 is 1.87 bits per heavy atom. The van der Waals surface area contributed by atoms with Crippen molar-refractivity contribution in [2.75, 3.05) is 11.5 Å². The summed E-state index contributed by atoms with van der Waals surface area (Å²) in [5.41, 5.74) is 1.99. The van der Waals surface area contributed by atoms with Gasteiger partial charge in [-0.15, -0.1) is 0 Å². The Morgan fingerprint density at radius 1 is 1.26 bits per heavy atom. The minimum Gasteiger partial charge on any atom is -0.478 e. The van der Waals surface area contributed by atoms with E-state index >= 15 is 0 Å². The van der Waals surface area contributed by atoms with Crippen LogP contribution in [-0.2, 0) is 9.84 Å². The average molecular weight is 335 g/mol. The predicted octanol–water partition coefficient (Wildman–Crippen LogP) is 3.03. The Hall–Kier alpha value is -1.82. The van der Waals surface area contributed by atoms with Gasteiger partial charge in [0.25, 0.3) is 0 Å². The maximum absolute atomic E-state index is 11.6. The highest BCUT2D eigenvalue weighted by Gasteiger charge is 2.30. The van der Waals surface area contributed by atoms with Gasteiger partial charge in [0.05, 0.1) is 17.1 Å².